The van der Waals surface area contributed by atoms with Gasteiger partial charge in [-0.1, -0.05) is 31.5 Å². The number of sulfonamides is 1. The lowest BCUT2D eigenvalue weighted by atomic mass is 10.0. The standard InChI is InChI=1S/C21H30N4O7S/c1-13(2)12-16(22-19(26)17-18(32-17)20(27)23-29)21(28)24-8-10-25(11-9-24)33(30,31)15-6-4-14(3)5-7-15/h4-7,13,16-18,29H,8-12H2,1-3H3,(H,22,26)(H,23,27)/t16-,17-,18-/m0/s1. The van der Waals surface area contributed by atoms with Gasteiger partial charge in [-0.05, 0) is 31.4 Å². The van der Waals surface area contributed by atoms with E-state index >= 15 is 0 Å². The van der Waals surface area contributed by atoms with E-state index in [2.05, 4.69) is 5.32 Å². The number of carbonyl (C=O) groups is 3. The fourth-order valence-corrected chi connectivity index (χ4v) is 5.17. The first-order valence-corrected chi connectivity index (χ1v) is 12.2. The summed E-state index contributed by atoms with van der Waals surface area (Å²) in [6.07, 6.45) is -1.77. The first kappa shape index (κ1) is 25.1. The summed E-state index contributed by atoms with van der Waals surface area (Å²) in [6.45, 7) is 6.39. The highest BCUT2D eigenvalue weighted by Gasteiger charge is 2.51. The fourth-order valence-electron chi connectivity index (χ4n) is 3.75. The number of nitrogens with one attached hydrogen (secondary N) is 2. The number of piperazine rings is 1. The molecule has 182 valence electrons. The second-order valence-electron chi connectivity index (χ2n) is 8.69. The van der Waals surface area contributed by atoms with Gasteiger partial charge in [0.25, 0.3) is 11.8 Å². The number of hydrogen-bond donors (Lipinski definition) is 3. The monoisotopic (exact) mass is 482 g/mol. The first-order chi connectivity index (χ1) is 15.5. The number of ether oxygens (including phenoxy) is 1. The van der Waals surface area contributed by atoms with Crippen molar-refractivity contribution in [3.05, 3.63) is 29.8 Å². The Morgan fingerprint density at radius 3 is 2.18 bits per heavy atom. The molecule has 0 aliphatic carbocycles. The average Bonchev–Trinajstić information content (AvgIpc) is 3.59. The van der Waals surface area contributed by atoms with Crippen LogP contribution in [0.1, 0.15) is 25.8 Å². The molecule has 3 N–H and O–H groups in total. The first-order valence-electron chi connectivity index (χ1n) is 10.8. The normalized spacial score (nSPS) is 22.0. The predicted molar refractivity (Wildman–Crippen MR) is 116 cm³/mol. The number of nitrogens with zero attached hydrogens (tertiary/aromatic N) is 2. The van der Waals surface area contributed by atoms with Crippen molar-refractivity contribution >= 4 is 27.7 Å². The lowest BCUT2D eigenvalue weighted by Gasteiger charge is -2.36. The summed E-state index contributed by atoms with van der Waals surface area (Å²) in [4.78, 5) is 38.7. The van der Waals surface area contributed by atoms with E-state index in [4.69, 9.17) is 9.94 Å². The third kappa shape index (κ3) is 5.88. The Bertz CT molecular complexity index is 988. The van der Waals surface area contributed by atoms with Crippen LogP contribution in [-0.2, 0) is 29.1 Å². The van der Waals surface area contributed by atoms with Gasteiger partial charge in [-0.15, -0.1) is 0 Å². The summed E-state index contributed by atoms with van der Waals surface area (Å²) < 4.78 is 32.1. The van der Waals surface area contributed by atoms with Gasteiger partial charge < -0.3 is 15.0 Å². The summed E-state index contributed by atoms with van der Waals surface area (Å²) in [7, 11) is -3.66. The second-order valence-corrected chi connectivity index (χ2v) is 10.6. The molecule has 12 heteroatoms. The van der Waals surface area contributed by atoms with Gasteiger partial charge in [0.2, 0.25) is 15.9 Å². The van der Waals surface area contributed by atoms with E-state index in [1.807, 2.05) is 20.8 Å². The van der Waals surface area contributed by atoms with E-state index in [1.165, 1.54) is 9.79 Å². The number of hydroxylamine groups is 1. The second kappa shape index (κ2) is 10.2. The molecule has 3 atom stereocenters. The molecule has 3 amide bonds. The molecule has 3 rings (SSSR count). The van der Waals surface area contributed by atoms with Crippen molar-refractivity contribution < 1.29 is 32.7 Å². The van der Waals surface area contributed by atoms with Gasteiger partial charge in [-0.3, -0.25) is 19.6 Å². The molecule has 2 aliphatic rings. The highest BCUT2D eigenvalue weighted by molar-refractivity contribution is 7.89. The molecule has 0 bridgehead atoms. The van der Waals surface area contributed by atoms with Gasteiger partial charge in [-0.25, -0.2) is 13.9 Å². The van der Waals surface area contributed by atoms with E-state index in [0.29, 0.717) is 6.42 Å². The maximum Gasteiger partial charge on any atom is 0.275 e. The lowest BCUT2D eigenvalue weighted by molar-refractivity contribution is -0.138. The van der Waals surface area contributed by atoms with Crippen molar-refractivity contribution in [1.82, 2.24) is 20.0 Å². The van der Waals surface area contributed by atoms with Crippen LogP contribution in [0.3, 0.4) is 0 Å². The molecule has 0 saturated carbocycles. The third-order valence-electron chi connectivity index (χ3n) is 5.65. The van der Waals surface area contributed by atoms with Gasteiger partial charge in [0.1, 0.15) is 6.04 Å². The van der Waals surface area contributed by atoms with Crippen LogP contribution in [0, 0.1) is 12.8 Å². The number of carbonyl (C=O) groups excluding carboxylic acids is 3. The van der Waals surface area contributed by atoms with Crippen molar-refractivity contribution in [2.45, 2.75) is 50.3 Å². The average molecular weight is 483 g/mol. The highest BCUT2D eigenvalue weighted by atomic mass is 32.2. The smallest absolute Gasteiger partial charge is 0.275 e. The van der Waals surface area contributed by atoms with Gasteiger partial charge in [0.15, 0.2) is 12.2 Å². The number of amides is 3. The molecule has 2 heterocycles. The van der Waals surface area contributed by atoms with E-state index in [-0.39, 0.29) is 42.9 Å². The van der Waals surface area contributed by atoms with Gasteiger partial charge in [-0.2, -0.15) is 4.31 Å². The SMILES string of the molecule is Cc1ccc(S(=O)(=O)N2CCN(C(=O)[C@H](CC(C)C)NC(=O)[C@H]3O[C@@H]3C(=O)NO)CC2)cc1. The number of hydrogen-bond acceptors (Lipinski definition) is 7. The Hall–Kier alpha value is -2.54. The Labute approximate surface area is 193 Å². The van der Waals surface area contributed by atoms with Crippen LogP contribution in [0.2, 0.25) is 0 Å². The van der Waals surface area contributed by atoms with Crippen molar-refractivity contribution in [3.63, 3.8) is 0 Å². The van der Waals surface area contributed by atoms with Crippen molar-refractivity contribution in [1.29, 1.82) is 0 Å². The van der Waals surface area contributed by atoms with Gasteiger partial charge >= 0.3 is 0 Å². The molecular weight excluding hydrogens is 452 g/mol. The minimum Gasteiger partial charge on any atom is -0.349 e. The van der Waals surface area contributed by atoms with E-state index < -0.39 is 40.1 Å². The predicted octanol–water partition coefficient (Wildman–Crippen LogP) is -0.368. The number of rotatable bonds is 8. The third-order valence-corrected chi connectivity index (χ3v) is 7.56. The van der Waals surface area contributed by atoms with Crippen molar-refractivity contribution in [3.8, 4) is 0 Å². The van der Waals surface area contributed by atoms with Crippen LogP contribution in [0.25, 0.3) is 0 Å². The summed E-state index contributed by atoms with van der Waals surface area (Å²) in [5.74, 6) is -1.65. The molecule has 11 nitrogen and oxygen atoms in total. The molecule has 0 aromatic heterocycles. The molecule has 1 aromatic carbocycles. The summed E-state index contributed by atoms with van der Waals surface area (Å²) in [6, 6.07) is 5.79. The molecule has 2 saturated heterocycles. The minimum absolute atomic E-state index is 0.0964. The summed E-state index contributed by atoms with van der Waals surface area (Å²) >= 11 is 0. The highest BCUT2D eigenvalue weighted by Crippen LogP contribution is 2.23. The quantitative estimate of drug-likeness (QED) is 0.260. The molecule has 2 fully saturated rings. The van der Waals surface area contributed by atoms with Crippen molar-refractivity contribution in [2.75, 3.05) is 26.2 Å². The number of benzene rings is 1. The molecule has 2 aliphatic heterocycles. The van der Waals surface area contributed by atoms with Crippen LogP contribution in [0.5, 0.6) is 0 Å². The van der Waals surface area contributed by atoms with Gasteiger partial charge in [0.05, 0.1) is 4.90 Å². The fraction of sp³-hybridized carbons (Fsp3) is 0.571. The molecular formula is C21H30N4O7S. The van der Waals surface area contributed by atoms with E-state index in [1.54, 1.807) is 29.2 Å². The Morgan fingerprint density at radius 1 is 1.06 bits per heavy atom. The summed E-state index contributed by atoms with van der Waals surface area (Å²) in [5.41, 5.74) is 2.39. The Morgan fingerprint density at radius 2 is 1.64 bits per heavy atom. The Kier molecular flexibility index (Phi) is 7.73. The topological polar surface area (TPSA) is 149 Å². The molecule has 0 radical (unpaired) electrons. The molecule has 0 unspecified atom stereocenters. The van der Waals surface area contributed by atoms with E-state index in [0.717, 1.165) is 5.56 Å². The zero-order chi connectivity index (χ0) is 24.3. The largest absolute Gasteiger partial charge is 0.349 e. The minimum atomic E-state index is -3.66. The van der Waals surface area contributed by atoms with E-state index in [9.17, 15) is 22.8 Å². The lowest BCUT2D eigenvalue weighted by Crippen LogP contribution is -2.56. The summed E-state index contributed by atoms with van der Waals surface area (Å²) in [5, 5.41) is 11.3. The van der Waals surface area contributed by atoms with Gasteiger partial charge in [0, 0.05) is 26.2 Å². The zero-order valence-corrected chi connectivity index (χ0v) is 19.7. The molecule has 33 heavy (non-hydrogen) atoms. The molecule has 1 aromatic rings. The number of aryl methyl sites for hydroxylation is 1. The zero-order valence-electron chi connectivity index (χ0n) is 18.9. The molecule has 0 spiro atoms. The van der Waals surface area contributed by atoms with Crippen LogP contribution < -0.4 is 10.8 Å². The maximum atomic E-state index is 13.1. The van der Waals surface area contributed by atoms with Crippen LogP contribution >= 0.6 is 0 Å². The van der Waals surface area contributed by atoms with Crippen molar-refractivity contribution in [2.24, 2.45) is 5.92 Å². The Balaban J connectivity index is 1.61. The van der Waals surface area contributed by atoms with Crippen LogP contribution in [0.4, 0.5) is 0 Å². The number of epoxide rings is 1. The van der Waals surface area contributed by atoms with Crippen LogP contribution in [-0.4, -0.2) is 85.0 Å². The maximum absolute atomic E-state index is 13.1. The van der Waals surface area contributed by atoms with Crippen LogP contribution in [0.15, 0.2) is 29.2 Å².